The molecule has 0 atom stereocenters. The Kier molecular flexibility index (Phi) is 11.6. The molecule has 5 rings (SSSR count). The first-order valence-electron chi connectivity index (χ1n) is 15.0. The van der Waals surface area contributed by atoms with E-state index in [-0.39, 0.29) is 44.3 Å². The zero-order chi connectivity index (χ0) is 33.2. The minimum Gasteiger partial charge on any atom is -0.468 e. The molecule has 0 unspecified atom stereocenters. The lowest BCUT2D eigenvalue weighted by Crippen LogP contribution is -2.40. The van der Waals surface area contributed by atoms with Crippen molar-refractivity contribution in [3.8, 4) is 11.1 Å². The zero-order valence-electron chi connectivity index (χ0n) is 26.3. The number of nitrogens with two attached hydrogens (primary N) is 1. The number of methoxy groups -OCH3 is 1. The number of aryl methyl sites for hydroxylation is 1. The van der Waals surface area contributed by atoms with Gasteiger partial charge in [-0.25, -0.2) is 0 Å². The Labute approximate surface area is 266 Å². The van der Waals surface area contributed by atoms with Crippen molar-refractivity contribution in [3.63, 3.8) is 0 Å². The van der Waals surface area contributed by atoms with Crippen LogP contribution >= 0.6 is 0 Å². The van der Waals surface area contributed by atoms with Crippen LogP contribution in [0.2, 0.25) is 0 Å². The van der Waals surface area contributed by atoms with Crippen molar-refractivity contribution in [1.29, 1.82) is 0 Å². The average molecular weight is 633 g/mol. The van der Waals surface area contributed by atoms with Crippen LogP contribution in [0.3, 0.4) is 0 Å². The number of fused-ring (bicyclic) bond motifs is 2. The normalized spacial score (nSPS) is 13.5. The second kappa shape index (κ2) is 15.8. The summed E-state index contributed by atoms with van der Waals surface area (Å²) in [6, 6.07) is 12.4. The smallest absolute Gasteiger partial charge is 0.325 e. The van der Waals surface area contributed by atoms with Gasteiger partial charge >= 0.3 is 5.97 Å². The highest BCUT2D eigenvalue weighted by Gasteiger charge is 2.26. The lowest BCUT2D eigenvalue weighted by atomic mass is 9.89. The van der Waals surface area contributed by atoms with Crippen molar-refractivity contribution >= 4 is 51.8 Å². The summed E-state index contributed by atoms with van der Waals surface area (Å²) < 4.78 is 8.11. The topological polar surface area (TPSA) is 184 Å². The number of likely N-dealkylation sites (tertiary alicyclic amines) is 1. The Morgan fingerprint density at radius 1 is 1.02 bits per heavy atom. The van der Waals surface area contributed by atoms with Crippen molar-refractivity contribution in [2.24, 2.45) is 12.8 Å². The van der Waals surface area contributed by atoms with Crippen LogP contribution in [0.15, 0.2) is 42.6 Å². The Balaban J connectivity index is 0.000000617. The predicted molar refractivity (Wildman–Crippen MR) is 171 cm³/mol. The highest BCUT2D eigenvalue weighted by Crippen LogP contribution is 2.38. The number of hydrogen-bond donors (Lipinski definition) is 3. The Bertz CT molecular complexity index is 1720. The second-order valence-electron chi connectivity index (χ2n) is 11.2. The molecule has 0 saturated carbocycles. The largest absolute Gasteiger partial charge is 0.468 e. The van der Waals surface area contributed by atoms with Gasteiger partial charge < -0.3 is 30.8 Å². The number of nitrogens with zero attached hydrogens (tertiary/aromatic N) is 5. The van der Waals surface area contributed by atoms with Crippen LogP contribution in [0, 0.1) is 0 Å². The van der Waals surface area contributed by atoms with Crippen LogP contribution in [0.25, 0.3) is 32.9 Å². The maximum Gasteiger partial charge on any atom is 0.325 e. The highest BCUT2D eigenvalue weighted by molar-refractivity contribution is 5.99. The van der Waals surface area contributed by atoms with Crippen LogP contribution in [0.4, 0.5) is 0 Å². The van der Waals surface area contributed by atoms with Crippen LogP contribution in [0.1, 0.15) is 37.3 Å². The number of aldehydes is 1. The van der Waals surface area contributed by atoms with Gasteiger partial charge in [-0.2, -0.15) is 10.2 Å². The molecule has 244 valence electrons. The molecule has 46 heavy (non-hydrogen) atoms. The molecule has 1 fully saturated rings. The van der Waals surface area contributed by atoms with Gasteiger partial charge in [0.15, 0.2) is 0 Å². The molecule has 4 aromatic rings. The molecule has 1 aliphatic rings. The van der Waals surface area contributed by atoms with Crippen LogP contribution in [0.5, 0.6) is 0 Å². The number of nitrogens with one attached hydrogen (secondary N) is 2. The fourth-order valence-electron chi connectivity index (χ4n) is 5.38. The van der Waals surface area contributed by atoms with E-state index >= 15 is 0 Å². The van der Waals surface area contributed by atoms with E-state index in [9.17, 15) is 24.0 Å². The predicted octanol–water partition coefficient (Wildman–Crippen LogP) is 1.26. The molecule has 0 spiro atoms. The number of piperidine rings is 1. The van der Waals surface area contributed by atoms with Crippen molar-refractivity contribution in [1.82, 2.24) is 35.1 Å². The third kappa shape index (κ3) is 8.53. The first-order chi connectivity index (χ1) is 22.1. The van der Waals surface area contributed by atoms with Crippen molar-refractivity contribution < 1.29 is 28.7 Å². The van der Waals surface area contributed by atoms with Crippen LogP contribution in [-0.2, 0) is 42.3 Å². The summed E-state index contributed by atoms with van der Waals surface area (Å²) in [5.41, 5.74) is 9.73. The number of rotatable bonds is 11. The molecule has 2 aromatic heterocycles. The minimum atomic E-state index is -0.558. The van der Waals surface area contributed by atoms with Gasteiger partial charge in [0, 0.05) is 36.6 Å². The zero-order valence-corrected chi connectivity index (χ0v) is 26.3. The van der Waals surface area contributed by atoms with Crippen molar-refractivity contribution in [2.75, 3.05) is 40.3 Å². The van der Waals surface area contributed by atoms with Gasteiger partial charge in [0.2, 0.25) is 17.7 Å². The molecule has 14 heteroatoms. The fraction of sp³-hybridized carbons (Fsp3) is 0.406. The van der Waals surface area contributed by atoms with Gasteiger partial charge in [-0.1, -0.05) is 24.3 Å². The summed E-state index contributed by atoms with van der Waals surface area (Å²) >= 11 is 0. The lowest BCUT2D eigenvalue weighted by molar-refractivity contribution is -0.141. The number of hydrogen-bond acceptors (Lipinski definition) is 9. The summed E-state index contributed by atoms with van der Waals surface area (Å²) in [6.07, 6.45) is 4.92. The van der Waals surface area contributed by atoms with E-state index in [1.165, 1.54) is 7.11 Å². The maximum atomic E-state index is 12.8. The monoisotopic (exact) mass is 632 g/mol. The molecule has 0 bridgehead atoms. The first-order valence-corrected chi connectivity index (χ1v) is 15.0. The van der Waals surface area contributed by atoms with E-state index < -0.39 is 17.8 Å². The third-order valence-corrected chi connectivity index (χ3v) is 7.88. The minimum absolute atomic E-state index is 0.0301. The Morgan fingerprint density at radius 2 is 1.76 bits per heavy atom. The number of amides is 3. The number of esters is 1. The first kappa shape index (κ1) is 33.8. The summed E-state index contributed by atoms with van der Waals surface area (Å²) in [7, 11) is 5.31. The molecular weight excluding hydrogens is 592 g/mol. The molecule has 1 aliphatic heterocycles. The quantitative estimate of drug-likeness (QED) is 0.162. The van der Waals surface area contributed by atoms with E-state index in [1.807, 2.05) is 30.1 Å². The summed E-state index contributed by atoms with van der Waals surface area (Å²) in [6.45, 7) is 1.46. The Morgan fingerprint density at radius 3 is 2.43 bits per heavy atom. The molecule has 4 N–H and O–H groups in total. The fourth-order valence-corrected chi connectivity index (χ4v) is 5.38. The number of primary amides is 1. The third-order valence-electron chi connectivity index (χ3n) is 7.88. The van der Waals surface area contributed by atoms with Gasteiger partial charge in [-0.3, -0.25) is 28.5 Å². The van der Waals surface area contributed by atoms with E-state index in [1.54, 1.807) is 4.68 Å². The summed E-state index contributed by atoms with van der Waals surface area (Å²) in [4.78, 5) is 57.7. The van der Waals surface area contributed by atoms with Gasteiger partial charge in [0.05, 0.1) is 36.6 Å². The summed E-state index contributed by atoms with van der Waals surface area (Å²) in [5, 5.41) is 16.5. The Hall–Kier alpha value is -5.11. The van der Waals surface area contributed by atoms with E-state index in [0.29, 0.717) is 6.29 Å². The molecule has 14 nitrogen and oxygen atoms in total. The molecule has 0 radical (unpaired) electrons. The van der Waals surface area contributed by atoms with E-state index in [0.717, 1.165) is 64.6 Å². The molecule has 3 amide bonds. The molecular formula is C32H40N8O6. The SMILES string of the molecule is COC(=O)CNC(=O)CNC(=O)Cn1nc(C2CCN(C)CC2)c2c(-c3ccc4cnn(C)c4c3)cccc21.NC(=O)CCC=O. The van der Waals surface area contributed by atoms with Gasteiger partial charge in [0.1, 0.15) is 19.4 Å². The van der Waals surface area contributed by atoms with Gasteiger partial charge in [0.25, 0.3) is 0 Å². The molecule has 3 heterocycles. The van der Waals surface area contributed by atoms with Gasteiger partial charge in [-0.15, -0.1) is 0 Å². The maximum absolute atomic E-state index is 12.8. The number of ether oxygens (including phenoxy) is 1. The molecule has 1 saturated heterocycles. The number of benzene rings is 2. The average Bonchev–Trinajstić information content (AvgIpc) is 3.62. The number of aromatic nitrogens is 4. The van der Waals surface area contributed by atoms with Crippen LogP contribution in [-0.4, -0.2) is 94.8 Å². The second-order valence-corrected chi connectivity index (χ2v) is 11.2. The summed E-state index contributed by atoms with van der Waals surface area (Å²) in [5.74, 6) is -1.52. The lowest BCUT2D eigenvalue weighted by Gasteiger charge is -2.28. The van der Waals surface area contributed by atoms with Crippen molar-refractivity contribution in [3.05, 3.63) is 48.3 Å². The van der Waals surface area contributed by atoms with Crippen molar-refractivity contribution in [2.45, 2.75) is 38.1 Å². The van der Waals surface area contributed by atoms with E-state index in [4.69, 9.17) is 5.10 Å². The standard InChI is InChI=1S/C28H33N7O4.C4H7NO2/c1-33-11-9-18(10-12-33)28-27-21(19-7-8-20-14-31-34(2)23(20)13-19)5-4-6-22(27)35(32-28)17-25(37)29-15-24(36)30-16-26(38)39-3;5-4(7)2-1-3-6/h4-8,13-14,18H,9-12,15-17H2,1-3H3,(H,29,37)(H,30,36);3H,1-2H2,(H2,5,7). The van der Waals surface area contributed by atoms with Crippen LogP contribution < -0.4 is 16.4 Å². The number of carbonyl (C=O) groups excluding carboxylic acids is 5. The van der Waals surface area contributed by atoms with Gasteiger partial charge in [-0.05, 0) is 56.2 Å². The highest BCUT2D eigenvalue weighted by atomic mass is 16.5. The van der Waals surface area contributed by atoms with E-state index in [2.05, 4.69) is 62.4 Å². The molecule has 0 aliphatic carbocycles. The molecule has 2 aromatic carbocycles. The number of carbonyl (C=O) groups is 5.